The lowest BCUT2D eigenvalue weighted by atomic mass is 9.90. The van der Waals surface area contributed by atoms with Gasteiger partial charge in [0.15, 0.2) is 0 Å². The predicted octanol–water partition coefficient (Wildman–Crippen LogP) is 1.85. The first kappa shape index (κ1) is 12.5. The molecule has 1 fully saturated rings. The fraction of sp³-hybridized carbons (Fsp3) is 0.533. The van der Waals surface area contributed by atoms with Crippen LogP contribution < -0.4 is 15.8 Å². The monoisotopic (exact) mass is 260 g/mol. The number of nitrogens with two attached hydrogens (primary N) is 1. The Labute approximate surface area is 113 Å². The van der Waals surface area contributed by atoms with Crippen molar-refractivity contribution in [2.45, 2.75) is 25.8 Å². The maximum atomic E-state index is 12.0. The third-order valence-electron chi connectivity index (χ3n) is 4.21. The first-order valence-corrected chi connectivity index (χ1v) is 6.97. The lowest BCUT2D eigenvalue weighted by molar-refractivity contribution is 0.0957. The number of benzene rings is 1. The summed E-state index contributed by atoms with van der Waals surface area (Å²) in [6, 6.07) is 5.74. The zero-order valence-corrected chi connectivity index (χ0v) is 11.2. The van der Waals surface area contributed by atoms with Crippen molar-refractivity contribution in [3.63, 3.8) is 0 Å². The Morgan fingerprint density at radius 3 is 2.95 bits per heavy atom. The molecule has 1 aliphatic carbocycles. The molecule has 0 aromatic heterocycles. The second-order valence-electron chi connectivity index (χ2n) is 5.58. The van der Waals surface area contributed by atoms with Crippen LogP contribution in [-0.2, 0) is 0 Å². The third-order valence-corrected chi connectivity index (χ3v) is 4.21. The van der Waals surface area contributed by atoms with Crippen LogP contribution in [0, 0.1) is 11.8 Å². The van der Waals surface area contributed by atoms with E-state index >= 15 is 0 Å². The molecular weight excluding hydrogens is 240 g/mol. The first-order valence-electron chi connectivity index (χ1n) is 6.97. The number of nitrogens with one attached hydrogen (secondary N) is 1. The Bertz CT molecular complexity index is 497. The molecule has 3 N–H and O–H groups in total. The highest BCUT2D eigenvalue weighted by molar-refractivity contribution is 5.97. The molecule has 3 rings (SSSR count). The summed E-state index contributed by atoms with van der Waals surface area (Å²) < 4.78 is 5.55. The first-order chi connectivity index (χ1) is 9.16. The second-order valence-corrected chi connectivity index (χ2v) is 5.58. The van der Waals surface area contributed by atoms with E-state index in [9.17, 15) is 4.79 Å². The average Bonchev–Trinajstić information content (AvgIpc) is 3.25. The van der Waals surface area contributed by atoms with Gasteiger partial charge in [-0.1, -0.05) is 13.0 Å². The van der Waals surface area contributed by atoms with E-state index in [4.69, 9.17) is 10.5 Å². The molecule has 1 saturated carbocycles. The van der Waals surface area contributed by atoms with Crippen LogP contribution in [0.5, 0.6) is 5.75 Å². The van der Waals surface area contributed by atoms with Crippen LogP contribution in [0.3, 0.4) is 0 Å². The van der Waals surface area contributed by atoms with E-state index in [1.54, 1.807) is 0 Å². The SMILES string of the molecule is CC(C1CC1)C(N)c1ccc2c(c1)C(=O)NCCO2. The van der Waals surface area contributed by atoms with Gasteiger partial charge in [-0.3, -0.25) is 4.79 Å². The van der Waals surface area contributed by atoms with Gasteiger partial charge in [0, 0.05) is 6.04 Å². The summed E-state index contributed by atoms with van der Waals surface area (Å²) in [4.78, 5) is 12.0. The molecule has 1 amide bonds. The van der Waals surface area contributed by atoms with Crippen molar-refractivity contribution in [3.05, 3.63) is 29.3 Å². The quantitative estimate of drug-likeness (QED) is 0.871. The lowest BCUT2D eigenvalue weighted by Crippen LogP contribution is -2.25. The minimum absolute atomic E-state index is 0.00569. The Morgan fingerprint density at radius 2 is 2.21 bits per heavy atom. The normalized spacial score (nSPS) is 21.7. The number of carbonyl (C=O) groups is 1. The number of fused-ring (bicyclic) bond motifs is 1. The molecule has 102 valence electrons. The van der Waals surface area contributed by atoms with Crippen molar-refractivity contribution >= 4 is 5.91 Å². The fourth-order valence-electron chi connectivity index (χ4n) is 2.70. The summed E-state index contributed by atoms with van der Waals surface area (Å²) in [5, 5.41) is 2.83. The van der Waals surface area contributed by atoms with Gasteiger partial charge in [-0.2, -0.15) is 0 Å². The van der Waals surface area contributed by atoms with E-state index in [0.29, 0.717) is 30.4 Å². The van der Waals surface area contributed by atoms with Crippen molar-refractivity contribution in [3.8, 4) is 5.75 Å². The number of ether oxygens (including phenoxy) is 1. The molecule has 0 bridgehead atoms. The summed E-state index contributed by atoms with van der Waals surface area (Å²) in [7, 11) is 0. The molecule has 1 heterocycles. The molecular formula is C15H20N2O2. The Morgan fingerprint density at radius 1 is 1.42 bits per heavy atom. The smallest absolute Gasteiger partial charge is 0.255 e. The van der Waals surface area contributed by atoms with E-state index < -0.39 is 0 Å². The van der Waals surface area contributed by atoms with E-state index in [1.165, 1.54) is 12.8 Å². The second kappa shape index (κ2) is 4.85. The highest BCUT2D eigenvalue weighted by Crippen LogP contribution is 2.42. The van der Waals surface area contributed by atoms with Crippen molar-refractivity contribution in [2.75, 3.05) is 13.2 Å². The number of hydrogen-bond donors (Lipinski definition) is 2. The highest BCUT2D eigenvalue weighted by Gasteiger charge is 2.32. The van der Waals surface area contributed by atoms with E-state index in [-0.39, 0.29) is 11.9 Å². The topological polar surface area (TPSA) is 64.4 Å². The largest absolute Gasteiger partial charge is 0.491 e. The number of amides is 1. The maximum absolute atomic E-state index is 12.0. The van der Waals surface area contributed by atoms with Crippen molar-refractivity contribution in [1.29, 1.82) is 0 Å². The van der Waals surface area contributed by atoms with Gasteiger partial charge >= 0.3 is 0 Å². The molecule has 4 nitrogen and oxygen atoms in total. The average molecular weight is 260 g/mol. The Kier molecular flexibility index (Phi) is 3.19. The molecule has 0 spiro atoms. The van der Waals surface area contributed by atoms with E-state index in [0.717, 1.165) is 11.5 Å². The third kappa shape index (κ3) is 2.45. The highest BCUT2D eigenvalue weighted by atomic mass is 16.5. The lowest BCUT2D eigenvalue weighted by Gasteiger charge is -2.20. The van der Waals surface area contributed by atoms with Gasteiger partial charge < -0.3 is 15.8 Å². The molecule has 2 unspecified atom stereocenters. The molecule has 2 aliphatic rings. The van der Waals surface area contributed by atoms with Crippen LogP contribution in [-0.4, -0.2) is 19.1 Å². The van der Waals surface area contributed by atoms with Gasteiger partial charge in [-0.25, -0.2) is 0 Å². The summed E-state index contributed by atoms with van der Waals surface area (Å²) in [6.07, 6.45) is 2.56. The Balaban J connectivity index is 1.89. The zero-order chi connectivity index (χ0) is 13.4. The number of rotatable bonds is 3. The summed E-state index contributed by atoms with van der Waals surface area (Å²) in [6.45, 7) is 3.26. The Hall–Kier alpha value is -1.55. The minimum Gasteiger partial charge on any atom is -0.491 e. The van der Waals surface area contributed by atoms with Crippen LogP contribution in [0.25, 0.3) is 0 Å². The molecule has 1 aromatic rings. The van der Waals surface area contributed by atoms with Gasteiger partial charge in [-0.05, 0) is 42.4 Å². The van der Waals surface area contributed by atoms with Crippen LogP contribution in [0.4, 0.5) is 0 Å². The molecule has 0 radical (unpaired) electrons. The predicted molar refractivity (Wildman–Crippen MR) is 73.1 cm³/mol. The van der Waals surface area contributed by atoms with Crippen molar-refractivity contribution < 1.29 is 9.53 Å². The van der Waals surface area contributed by atoms with Gasteiger partial charge in [-0.15, -0.1) is 0 Å². The molecule has 1 aliphatic heterocycles. The van der Waals surface area contributed by atoms with Gasteiger partial charge in [0.05, 0.1) is 12.1 Å². The molecule has 19 heavy (non-hydrogen) atoms. The number of hydrogen-bond acceptors (Lipinski definition) is 3. The molecule has 1 aromatic carbocycles. The van der Waals surface area contributed by atoms with Crippen LogP contribution in [0.2, 0.25) is 0 Å². The molecule has 2 atom stereocenters. The van der Waals surface area contributed by atoms with Crippen LogP contribution in [0.1, 0.15) is 41.7 Å². The van der Waals surface area contributed by atoms with E-state index in [1.807, 2.05) is 18.2 Å². The van der Waals surface area contributed by atoms with Gasteiger partial charge in [0.2, 0.25) is 0 Å². The summed E-state index contributed by atoms with van der Waals surface area (Å²) in [5.41, 5.74) is 7.96. The minimum atomic E-state index is -0.0689. The van der Waals surface area contributed by atoms with Gasteiger partial charge in [0.25, 0.3) is 5.91 Å². The molecule has 0 saturated heterocycles. The van der Waals surface area contributed by atoms with Crippen LogP contribution in [0.15, 0.2) is 18.2 Å². The van der Waals surface area contributed by atoms with Gasteiger partial charge in [0.1, 0.15) is 12.4 Å². The fourth-order valence-corrected chi connectivity index (χ4v) is 2.70. The zero-order valence-electron chi connectivity index (χ0n) is 11.2. The maximum Gasteiger partial charge on any atom is 0.255 e. The summed E-state index contributed by atoms with van der Waals surface area (Å²) in [5.74, 6) is 1.80. The molecule has 4 heteroatoms. The van der Waals surface area contributed by atoms with Crippen LogP contribution >= 0.6 is 0 Å². The summed E-state index contributed by atoms with van der Waals surface area (Å²) >= 11 is 0. The van der Waals surface area contributed by atoms with Crippen molar-refractivity contribution in [1.82, 2.24) is 5.32 Å². The number of carbonyl (C=O) groups excluding carboxylic acids is 1. The standard InChI is InChI=1S/C15H20N2O2/c1-9(10-2-3-10)14(16)11-4-5-13-12(8-11)15(18)17-6-7-19-13/h4-5,8-10,14H,2-3,6-7,16H2,1H3,(H,17,18). The van der Waals surface area contributed by atoms with Crippen molar-refractivity contribution in [2.24, 2.45) is 17.6 Å². The van der Waals surface area contributed by atoms with E-state index in [2.05, 4.69) is 12.2 Å².